The first-order valence-corrected chi connectivity index (χ1v) is 9.31. The first kappa shape index (κ1) is 16.2. The van der Waals surface area contributed by atoms with Gasteiger partial charge in [0.05, 0.1) is 0 Å². The van der Waals surface area contributed by atoms with Crippen LogP contribution in [0.15, 0.2) is 4.99 Å². The minimum Gasteiger partial charge on any atom is -0.354 e. The SMILES string of the molecule is CCSC1=NC(P(=O)(O)O)(P(=O)(O)O)CCN1C. The fraction of sp³-hybridized carbons (Fsp3) is 0.857. The Hall–Kier alpha value is 0.120. The van der Waals surface area contributed by atoms with Crippen molar-refractivity contribution in [3.63, 3.8) is 0 Å². The number of hydrogen-bond acceptors (Lipinski definition) is 5. The van der Waals surface area contributed by atoms with Crippen LogP contribution in [-0.2, 0) is 9.13 Å². The predicted molar refractivity (Wildman–Crippen MR) is 69.6 cm³/mol. The maximum Gasteiger partial charge on any atom is 0.365 e. The molecule has 106 valence electrons. The van der Waals surface area contributed by atoms with E-state index >= 15 is 0 Å². The number of aliphatic imine (C=N–C) groups is 1. The molecular weight excluding hydrogens is 302 g/mol. The molecule has 0 spiro atoms. The second kappa shape index (κ2) is 5.25. The maximum atomic E-state index is 11.5. The van der Waals surface area contributed by atoms with Gasteiger partial charge in [0.1, 0.15) is 0 Å². The molecule has 11 heteroatoms. The normalized spacial score (nSPS) is 20.8. The monoisotopic (exact) mass is 318 g/mol. The summed E-state index contributed by atoms with van der Waals surface area (Å²) in [5.41, 5.74) is 0. The van der Waals surface area contributed by atoms with E-state index in [4.69, 9.17) is 0 Å². The van der Waals surface area contributed by atoms with Gasteiger partial charge in [0.2, 0.25) is 0 Å². The van der Waals surface area contributed by atoms with Crippen LogP contribution in [0.1, 0.15) is 13.3 Å². The standard InChI is InChI=1S/C7H16N2O6P2S/c1-3-18-6-8-7(16(10,11)12,17(13,14)15)4-5-9(6)2/h3-5H2,1-2H3,(H2,10,11,12)(H2,13,14,15). The molecule has 0 aromatic rings. The van der Waals surface area contributed by atoms with Gasteiger partial charge in [0, 0.05) is 20.0 Å². The number of nitrogens with zero attached hydrogens (tertiary/aromatic N) is 2. The average molecular weight is 318 g/mol. The number of rotatable bonds is 3. The average Bonchev–Trinajstić information content (AvgIpc) is 2.18. The van der Waals surface area contributed by atoms with E-state index in [1.54, 1.807) is 11.9 Å². The van der Waals surface area contributed by atoms with Crippen LogP contribution in [0.2, 0.25) is 0 Å². The maximum absolute atomic E-state index is 11.5. The Kier molecular flexibility index (Phi) is 4.71. The fourth-order valence-corrected chi connectivity index (χ4v) is 5.09. The molecular formula is C7H16N2O6P2S. The van der Waals surface area contributed by atoms with E-state index in [0.29, 0.717) is 5.75 Å². The van der Waals surface area contributed by atoms with Gasteiger partial charge >= 0.3 is 15.2 Å². The summed E-state index contributed by atoms with van der Waals surface area (Å²) in [4.78, 5) is 42.5. The molecule has 0 unspecified atom stereocenters. The van der Waals surface area contributed by atoms with Crippen molar-refractivity contribution in [2.45, 2.75) is 18.4 Å². The summed E-state index contributed by atoms with van der Waals surface area (Å²) in [6.07, 6.45) is -0.383. The van der Waals surface area contributed by atoms with Gasteiger partial charge in [-0.05, 0) is 5.75 Å². The lowest BCUT2D eigenvalue weighted by Gasteiger charge is -2.38. The molecule has 1 aliphatic heterocycles. The summed E-state index contributed by atoms with van der Waals surface area (Å²) in [6, 6.07) is 0. The molecule has 0 radical (unpaired) electrons. The van der Waals surface area contributed by atoms with Crippen molar-refractivity contribution in [1.82, 2.24) is 4.90 Å². The van der Waals surface area contributed by atoms with E-state index in [2.05, 4.69) is 4.99 Å². The molecule has 1 rings (SSSR count). The minimum absolute atomic E-state index is 0.127. The fourth-order valence-electron chi connectivity index (χ4n) is 1.57. The van der Waals surface area contributed by atoms with Gasteiger partial charge in [0.15, 0.2) is 5.17 Å². The van der Waals surface area contributed by atoms with Crippen molar-refractivity contribution >= 4 is 32.1 Å². The smallest absolute Gasteiger partial charge is 0.354 e. The highest BCUT2D eigenvalue weighted by Gasteiger charge is 2.62. The molecule has 0 saturated heterocycles. The van der Waals surface area contributed by atoms with E-state index in [0.717, 1.165) is 0 Å². The number of thioether (sulfide) groups is 1. The number of hydrogen-bond donors (Lipinski definition) is 4. The zero-order valence-electron chi connectivity index (χ0n) is 9.92. The zero-order chi connectivity index (χ0) is 14.2. The van der Waals surface area contributed by atoms with Crippen molar-refractivity contribution in [3.05, 3.63) is 0 Å². The van der Waals surface area contributed by atoms with Crippen molar-refractivity contribution in [1.29, 1.82) is 0 Å². The van der Waals surface area contributed by atoms with Gasteiger partial charge in [-0.25, -0.2) is 4.99 Å². The largest absolute Gasteiger partial charge is 0.365 e. The van der Waals surface area contributed by atoms with Crippen LogP contribution in [0.4, 0.5) is 0 Å². The first-order chi connectivity index (χ1) is 8.05. The Morgan fingerprint density at radius 3 is 2.22 bits per heavy atom. The van der Waals surface area contributed by atoms with Crippen LogP contribution >= 0.6 is 27.0 Å². The predicted octanol–water partition coefficient (Wildman–Crippen LogP) is 0.440. The number of amidine groups is 1. The van der Waals surface area contributed by atoms with E-state index < -0.39 is 20.2 Å². The second-order valence-corrected chi connectivity index (χ2v) is 9.10. The lowest BCUT2D eigenvalue weighted by molar-refractivity contribution is 0.288. The van der Waals surface area contributed by atoms with E-state index in [1.807, 2.05) is 6.92 Å². The topological polar surface area (TPSA) is 131 Å². The third-order valence-corrected chi connectivity index (χ3v) is 7.62. The molecule has 1 heterocycles. The summed E-state index contributed by atoms with van der Waals surface area (Å²) < 4.78 is 23.0. The van der Waals surface area contributed by atoms with E-state index in [-0.39, 0.29) is 18.1 Å². The van der Waals surface area contributed by atoms with Gasteiger partial charge in [-0.1, -0.05) is 18.7 Å². The minimum atomic E-state index is -5.07. The molecule has 8 nitrogen and oxygen atoms in total. The van der Waals surface area contributed by atoms with Crippen LogP contribution in [-0.4, -0.2) is 54.0 Å². The van der Waals surface area contributed by atoms with Gasteiger partial charge in [0.25, 0.3) is 5.02 Å². The van der Waals surface area contributed by atoms with Gasteiger partial charge in [-0.2, -0.15) is 0 Å². The lowest BCUT2D eigenvalue weighted by atomic mass is 10.3. The molecule has 0 aliphatic carbocycles. The van der Waals surface area contributed by atoms with Crippen LogP contribution in [0.5, 0.6) is 0 Å². The van der Waals surface area contributed by atoms with Crippen molar-refractivity contribution in [2.24, 2.45) is 4.99 Å². The Bertz CT molecular complexity index is 421. The molecule has 18 heavy (non-hydrogen) atoms. The molecule has 0 atom stereocenters. The third kappa shape index (κ3) is 2.82. The Morgan fingerprint density at radius 2 is 1.83 bits per heavy atom. The quantitative estimate of drug-likeness (QED) is 0.551. The van der Waals surface area contributed by atoms with Gasteiger partial charge in [-0.3, -0.25) is 9.13 Å². The Morgan fingerprint density at radius 1 is 1.33 bits per heavy atom. The first-order valence-electron chi connectivity index (χ1n) is 5.10. The molecule has 0 amide bonds. The third-order valence-electron chi connectivity index (χ3n) is 2.59. The van der Waals surface area contributed by atoms with Crippen LogP contribution in [0, 0.1) is 0 Å². The Balaban J connectivity index is 3.39. The van der Waals surface area contributed by atoms with Crippen molar-refractivity contribution in [3.8, 4) is 0 Å². The molecule has 4 N–H and O–H groups in total. The van der Waals surface area contributed by atoms with Crippen molar-refractivity contribution < 1.29 is 28.7 Å². The van der Waals surface area contributed by atoms with E-state index in [1.165, 1.54) is 11.8 Å². The van der Waals surface area contributed by atoms with E-state index in [9.17, 15) is 28.7 Å². The van der Waals surface area contributed by atoms with Crippen LogP contribution < -0.4 is 0 Å². The molecule has 0 fully saturated rings. The van der Waals surface area contributed by atoms with Gasteiger partial charge < -0.3 is 24.5 Å². The summed E-state index contributed by atoms with van der Waals surface area (Å²) >= 11 is 1.18. The molecule has 1 aliphatic rings. The highest BCUT2D eigenvalue weighted by molar-refractivity contribution is 8.13. The highest BCUT2D eigenvalue weighted by Crippen LogP contribution is 2.72. The lowest BCUT2D eigenvalue weighted by Crippen LogP contribution is -2.41. The van der Waals surface area contributed by atoms with Crippen LogP contribution in [0.3, 0.4) is 0 Å². The molecule has 0 aromatic heterocycles. The highest BCUT2D eigenvalue weighted by atomic mass is 32.2. The summed E-state index contributed by atoms with van der Waals surface area (Å²) in [5, 5.41) is -2.40. The van der Waals surface area contributed by atoms with Gasteiger partial charge in [-0.15, -0.1) is 0 Å². The Labute approximate surface area is 109 Å². The zero-order valence-corrected chi connectivity index (χ0v) is 12.5. The molecule has 0 bridgehead atoms. The second-order valence-electron chi connectivity index (χ2n) is 3.86. The van der Waals surface area contributed by atoms with Crippen molar-refractivity contribution in [2.75, 3.05) is 19.3 Å². The summed E-state index contributed by atoms with van der Waals surface area (Å²) in [5.74, 6) is 0.585. The summed E-state index contributed by atoms with van der Waals surface area (Å²) in [6.45, 7) is 1.94. The molecule has 0 saturated carbocycles. The summed E-state index contributed by atoms with van der Waals surface area (Å²) in [7, 11) is -8.49. The molecule has 0 aromatic carbocycles. The van der Waals surface area contributed by atoms with Crippen LogP contribution in [0.25, 0.3) is 0 Å².